The number of amides is 1. The van der Waals surface area contributed by atoms with E-state index < -0.39 is 24.3 Å². The SMILES string of the molecule is O=C(NC1C(F)[CH]CCC1F)c1ccccc1. The van der Waals surface area contributed by atoms with E-state index in [1.807, 2.05) is 0 Å². The third kappa shape index (κ3) is 2.81. The maximum Gasteiger partial charge on any atom is 0.251 e. The third-order valence-corrected chi connectivity index (χ3v) is 2.90. The molecule has 0 aliphatic heterocycles. The van der Waals surface area contributed by atoms with Crippen molar-refractivity contribution in [2.75, 3.05) is 0 Å². The molecule has 1 amide bonds. The number of halogens is 2. The van der Waals surface area contributed by atoms with E-state index in [1.165, 1.54) is 6.42 Å². The highest BCUT2D eigenvalue weighted by atomic mass is 19.1. The normalized spacial score (nSPS) is 28.7. The molecule has 1 saturated carbocycles. The Kier molecular flexibility index (Phi) is 3.71. The van der Waals surface area contributed by atoms with Crippen LogP contribution in [0.4, 0.5) is 8.78 Å². The van der Waals surface area contributed by atoms with E-state index >= 15 is 0 Å². The van der Waals surface area contributed by atoms with Crippen molar-refractivity contribution in [2.45, 2.75) is 31.2 Å². The number of hydrogen-bond donors (Lipinski definition) is 1. The number of carbonyl (C=O) groups excluding carboxylic acids is 1. The summed E-state index contributed by atoms with van der Waals surface area (Å²) in [5.74, 6) is -0.434. The Balaban J connectivity index is 2.03. The lowest BCUT2D eigenvalue weighted by molar-refractivity contribution is 0.0820. The average molecular weight is 238 g/mol. The maximum absolute atomic E-state index is 13.5. The lowest BCUT2D eigenvalue weighted by Gasteiger charge is -2.29. The maximum atomic E-state index is 13.5. The highest BCUT2D eigenvalue weighted by molar-refractivity contribution is 5.94. The van der Waals surface area contributed by atoms with Gasteiger partial charge in [-0.3, -0.25) is 4.79 Å². The molecule has 17 heavy (non-hydrogen) atoms. The van der Waals surface area contributed by atoms with Crippen molar-refractivity contribution < 1.29 is 13.6 Å². The fraction of sp³-hybridized carbons (Fsp3) is 0.385. The molecule has 1 radical (unpaired) electrons. The topological polar surface area (TPSA) is 29.1 Å². The van der Waals surface area contributed by atoms with Crippen LogP contribution in [0.5, 0.6) is 0 Å². The Hall–Kier alpha value is -1.45. The molecule has 3 atom stereocenters. The number of nitrogens with one attached hydrogen (secondary N) is 1. The minimum Gasteiger partial charge on any atom is -0.343 e. The lowest BCUT2D eigenvalue weighted by Crippen LogP contribution is -2.50. The first-order valence-corrected chi connectivity index (χ1v) is 5.66. The lowest BCUT2D eigenvalue weighted by atomic mass is 9.91. The molecule has 0 aromatic heterocycles. The minimum atomic E-state index is -1.41. The van der Waals surface area contributed by atoms with Crippen LogP contribution in [0.2, 0.25) is 0 Å². The zero-order valence-corrected chi connectivity index (χ0v) is 9.27. The Morgan fingerprint density at radius 2 is 1.94 bits per heavy atom. The van der Waals surface area contributed by atoms with Crippen LogP contribution in [0.1, 0.15) is 23.2 Å². The van der Waals surface area contributed by atoms with Gasteiger partial charge in [-0.1, -0.05) is 18.2 Å². The van der Waals surface area contributed by atoms with Gasteiger partial charge >= 0.3 is 0 Å². The van der Waals surface area contributed by atoms with Gasteiger partial charge in [0.25, 0.3) is 5.91 Å². The Bertz CT molecular complexity index is 372. The summed E-state index contributed by atoms with van der Waals surface area (Å²) in [5, 5.41) is 2.41. The van der Waals surface area contributed by atoms with Crippen molar-refractivity contribution in [3.8, 4) is 0 Å². The molecule has 1 aliphatic carbocycles. The van der Waals surface area contributed by atoms with Crippen LogP contribution in [-0.4, -0.2) is 24.3 Å². The quantitative estimate of drug-likeness (QED) is 0.842. The summed E-state index contributed by atoms with van der Waals surface area (Å²) in [6, 6.07) is 7.37. The molecule has 1 aliphatic rings. The van der Waals surface area contributed by atoms with Crippen molar-refractivity contribution in [2.24, 2.45) is 0 Å². The van der Waals surface area contributed by atoms with Gasteiger partial charge in [-0.15, -0.1) is 0 Å². The van der Waals surface area contributed by atoms with Crippen LogP contribution >= 0.6 is 0 Å². The fourth-order valence-electron chi connectivity index (χ4n) is 1.93. The summed E-state index contributed by atoms with van der Waals surface area (Å²) in [6.45, 7) is 0. The molecule has 1 aromatic rings. The molecule has 0 saturated heterocycles. The number of hydrogen-bond acceptors (Lipinski definition) is 1. The van der Waals surface area contributed by atoms with Crippen molar-refractivity contribution in [3.63, 3.8) is 0 Å². The highest BCUT2D eigenvalue weighted by Crippen LogP contribution is 2.23. The molecule has 0 heterocycles. The predicted molar refractivity (Wildman–Crippen MR) is 61.0 cm³/mol. The number of benzene rings is 1. The number of rotatable bonds is 2. The Morgan fingerprint density at radius 1 is 1.24 bits per heavy atom. The van der Waals surface area contributed by atoms with E-state index in [2.05, 4.69) is 5.32 Å². The smallest absolute Gasteiger partial charge is 0.251 e. The van der Waals surface area contributed by atoms with Crippen molar-refractivity contribution in [1.29, 1.82) is 0 Å². The summed E-state index contributed by atoms with van der Waals surface area (Å²) in [4.78, 5) is 11.7. The standard InChI is InChI=1S/C13H14F2NO/c14-10-7-4-8-11(15)12(10)16-13(17)9-5-2-1-3-6-9/h1-3,5-7,10-12H,4,8H2,(H,16,17). The van der Waals surface area contributed by atoms with Crippen LogP contribution in [-0.2, 0) is 0 Å². The fourth-order valence-corrected chi connectivity index (χ4v) is 1.93. The van der Waals surface area contributed by atoms with Crippen molar-refractivity contribution >= 4 is 5.91 Å². The first-order valence-electron chi connectivity index (χ1n) is 5.66. The number of alkyl halides is 2. The van der Waals surface area contributed by atoms with E-state index in [1.54, 1.807) is 30.3 Å². The molecule has 0 bridgehead atoms. The Morgan fingerprint density at radius 3 is 2.59 bits per heavy atom. The van der Waals surface area contributed by atoms with Gasteiger partial charge in [0, 0.05) is 5.56 Å². The van der Waals surface area contributed by atoms with E-state index in [-0.39, 0.29) is 6.42 Å². The van der Waals surface area contributed by atoms with Gasteiger partial charge in [0.2, 0.25) is 0 Å². The molecule has 91 valence electrons. The van der Waals surface area contributed by atoms with Crippen LogP contribution in [0.3, 0.4) is 0 Å². The first-order chi connectivity index (χ1) is 8.18. The second kappa shape index (κ2) is 5.25. The van der Waals surface area contributed by atoms with Crippen LogP contribution in [0, 0.1) is 6.42 Å². The highest BCUT2D eigenvalue weighted by Gasteiger charge is 2.34. The van der Waals surface area contributed by atoms with Crippen molar-refractivity contribution in [3.05, 3.63) is 42.3 Å². The second-order valence-electron chi connectivity index (χ2n) is 4.14. The third-order valence-electron chi connectivity index (χ3n) is 2.90. The Labute approximate surface area is 99.0 Å². The summed E-state index contributed by atoms with van der Waals surface area (Å²) in [6.07, 6.45) is -0.638. The van der Waals surface area contributed by atoms with E-state index in [0.717, 1.165) is 0 Å². The zero-order valence-electron chi connectivity index (χ0n) is 9.27. The molecular weight excluding hydrogens is 224 g/mol. The van der Waals surface area contributed by atoms with Crippen molar-refractivity contribution in [1.82, 2.24) is 5.32 Å². The minimum absolute atomic E-state index is 0.264. The molecule has 3 unspecified atom stereocenters. The monoisotopic (exact) mass is 238 g/mol. The van der Waals surface area contributed by atoms with Gasteiger partial charge in [-0.2, -0.15) is 0 Å². The first kappa shape index (κ1) is 12.0. The van der Waals surface area contributed by atoms with E-state index in [4.69, 9.17) is 0 Å². The molecule has 4 heteroatoms. The molecule has 2 rings (SSSR count). The molecular formula is C13H14F2NO. The average Bonchev–Trinajstić information content (AvgIpc) is 2.35. The van der Waals surface area contributed by atoms with E-state index in [9.17, 15) is 13.6 Å². The zero-order chi connectivity index (χ0) is 12.3. The molecule has 1 fully saturated rings. The summed E-state index contributed by atoms with van der Waals surface area (Å²) < 4.78 is 27.0. The summed E-state index contributed by atoms with van der Waals surface area (Å²) in [5.41, 5.74) is 0.414. The van der Waals surface area contributed by atoms with Gasteiger partial charge in [0.05, 0.1) is 6.04 Å². The van der Waals surface area contributed by atoms with Crippen LogP contribution in [0.15, 0.2) is 30.3 Å². The molecule has 1 N–H and O–H groups in total. The van der Waals surface area contributed by atoms with Crippen LogP contribution < -0.4 is 5.32 Å². The van der Waals surface area contributed by atoms with Gasteiger partial charge in [0.1, 0.15) is 12.3 Å². The number of carbonyl (C=O) groups is 1. The largest absolute Gasteiger partial charge is 0.343 e. The molecule has 2 nitrogen and oxygen atoms in total. The van der Waals surface area contributed by atoms with Crippen LogP contribution in [0.25, 0.3) is 0 Å². The van der Waals surface area contributed by atoms with E-state index in [0.29, 0.717) is 12.0 Å². The van der Waals surface area contributed by atoms with Gasteiger partial charge in [-0.25, -0.2) is 8.78 Å². The predicted octanol–water partition coefficient (Wildman–Crippen LogP) is 2.46. The van der Waals surface area contributed by atoms with Gasteiger partial charge in [0.15, 0.2) is 0 Å². The summed E-state index contributed by atoms with van der Waals surface area (Å²) >= 11 is 0. The summed E-state index contributed by atoms with van der Waals surface area (Å²) in [7, 11) is 0. The molecule has 1 aromatic carbocycles. The van der Waals surface area contributed by atoms with Gasteiger partial charge in [-0.05, 0) is 31.4 Å². The second-order valence-corrected chi connectivity index (χ2v) is 4.14. The van der Waals surface area contributed by atoms with Gasteiger partial charge < -0.3 is 5.32 Å². The molecule has 0 spiro atoms.